The monoisotopic (exact) mass is 411 g/mol. The maximum absolute atomic E-state index is 14.5. The second-order valence-corrected chi connectivity index (χ2v) is 6.32. The summed E-state index contributed by atoms with van der Waals surface area (Å²) < 4.78 is 149. The van der Waals surface area contributed by atoms with Gasteiger partial charge in [0.25, 0.3) is 11.6 Å². The summed E-state index contributed by atoms with van der Waals surface area (Å²) in [6.07, 6.45) is -3.02. The molecule has 1 amide bonds. The molecule has 0 saturated heterocycles. The lowest BCUT2D eigenvalue weighted by atomic mass is 9.68. The molecule has 0 aromatic carbocycles. The van der Waals surface area contributed by atoms with Crippen LogP contribution in [0.3, 0.4) is 0 Å². The molecule has 1 fully saturated rings. The quantitative estimate of drug-likeness (QED) is 0.726. The minimum atomic E-state index is -7.33. The number of carbonyl (C=O) groups is 1. The number of likely N-dealkylation sites (N-methyl/N-ethyl adjacent to an activating group) is 1. The first-order chi connectivity index (χ1) is 11.1. The number of carbonyl (C=O) groups excluding carboxylic acids is 1. The molecule has 1 aliphatic rings. The normalized spacial score (nSPS) is 29.5. The average molecular weight is 411 g/mol. The van der Waals surface area contributed by atoms with E-state index < -0.39 is 53.2 Å². The third-order valence-electron chi connectivity index (χ3n) is 4.03. The predicted molar refractivity (Wildman–Crippen MR) is 62.5 cm³/mol. The van der Waals surface area contributed by atoms with E-state index in [2.05, 4.69) is 0 Å². The van der Waals surface area contributed by atoms with Crippen molar-refractivity contribution in [1.82, 2.24) is 4.90 Å². The van der Waals surface area contributed by atoms with Crippen LogP contribution in [0.25, 0.3) is 0 Å². The highest BCUT2D eigenvalue weighted by Gasteiger charge is 3.01. The number of aliphatic hydroxyl groups is 1. The highest BCUT2D eigenvalue weighted by atomic mass is 19.4. The van der Waals surface area contributed by atoms with Crippen LogP contribution in [0.15, 0.2) is 0 Å². The lowest BCUT2D eigenvalue weighted by Gasteiger charge is -2.53. The molecule has 26 heavy (non-hydrogen) atoms. The van der Waals surface area contributed by atoms with Crippen molar-refractivity contribution in [2.45, 2.75) is 54.2 Å². The average Bonchev–Trinajstić information content (AvgIpc) is 2.43. The summed E-state index contributed by atoms with van der Waals surface area (Å²) in [6.45, 7) is 0.103. The van der Waals surface area contributed by atoms with E-state index in [9.17, 15) is 58.2 Å². The number of alkyl halides is 11. The number of nitrogens with zero attached hydrogens (tertiary/aromatic N) is 1. The fraction of sp³-hybridized carbons (Fsp3) is 0.917. The Balaban J connectivity index is 3.74. The first-order valence-electron chi connectivity index (χ1n) is 6.58. The molecule has 0 aliphatic heterocycles. The van der Waals surface area contributed by atoms with E-state index in [1.165, 1.54) is 0 Å². The molecule has 0 aromatic rings. The van der Waals surface area contributed by atoms with Gasteiger partial charge in [-0.15, -0.1) is 0 Å². The minimum Gasteiger partial charge on any atom is -0.380 e. The van der Waals surface area contributed by atoms with Gasteiger partial charge >= 0.3 is 29.6 Å². The number of amides is 1. The molecule has 3 nitrogen and oxygen atoms in total. The van der Waals surface area contributed by atoms with Crippen LogP contribution in [0.1, 0.15) is 13.3 Å². The summed E-state index contributed by atoms with van der Waals surface area (Å²) >= 11 is 0. The summed E-state index contributed by atoms with van der Waals surface area (Å²) in [5.41, 5.74) is -10.0. The molecule has 154 valence electrons. The molecule has 0 radical (unpaired) electrons. The second kappa shape index (κ2) is 5.35. The molecule has 0 aromatic heterocycles. The van der Waals surface area contributed by atoms with Crippen molar-refractivity contribution in [3.05, 3.63) is 0 Å². The highest BCUT2D eigenvalue weighted by molar-refractivity contribution is 5.84. The van der Waals surface area contributed by atoms with Crippen LogP contribution in [-0.2, 0) is 4.79 Å². The zero-order chi connectivity index (χ0) is 21.4. The Labute approximate surface area is 138 Å². The first kappa shape index (κ1) is 22.7. The first-order valence-corrected chi connectivity index (χ1v) is 6.58. The fourth-order valence-electron chi connectivity index (χ4n) is 2.54. The molecule has 0 heterocycles. The van der Waals surface area contributed by atoms with E-state index in [4.69, 9.17) is 0 Å². The van der Waals surface area contributed by atoms with E-state index >= 15 is 0 Å². The van der Waals surface area contributed by atoms with Gasteiger partial charge in [0, 0.05) is 20.5 Å². The number of halogens is 11. The lowest BCUT2D eigenvalue weighted by Crippen LogP contribution is -2.84. The van der Waals surface area contributed by atoms with Crippen molar-refractivity contribution < 1.29 is 58.2 Å². The van der Waals surface area contributed by atoms with Gasteiger partial charge in [-0.25, -0.2) is 4.39 Å². The molecule has 1 unspecified atom stereocenters. The van der Waals surface area contributed by atoms with Crippen molar-refractivity contribution in [2.24, 2.45) is 0 Å². The van der Waals surface area contributed by atoms with E-state index in [-0.39, 0.29) is 6.92 Å². The van der Waals surface area contributed by atoms with Crippen LogP contribution in [0.2, 0.25) is 0 Å². The fourth-order valence-corrected chi connectivity index (χ4v) is 2.54. The molecule has 1 aliphatic carbocycles. The molecule has 1 N–H and O–H groups in total. The van der Waals surface area contributed by atoms with Crippen LogP contribution in [0.4, 0.5) is 48.3 Å². The zero-order valence-electron chi connectivity index (χ0n) is 13.2. The van der Waals surface area contributed by atoms with Gasteiger partial charge in [-0.05, 0) is 6.92 Å². The molecule has 14 heteroatoms. The van der Waals surface area contributed by atoms with Gasteiger partial charge < -0.3 is 10.0 Å². The standard InChI is InChI=1S/C12H12F11NO2/c1-6(26,5(25)24(2)3)4-7(13)8(14,15)10(18,19)12(22,23)11(20,21)9(7,16)17/h26H,4H2,1-3H3. The Morgan fingerprint density at radius 2 is 1.04 bits per heavy atom. The summed E-state index contributed by atoms with van der Waals surface area (Å²) in [5.74, 6) is -37.8. The summed E-state index contributed by atoms with van der Waals surface area (Å²) in [5, 5.41) is 9.63. The van der Waals surface area contributed by atoms with Crippen molar-refractivity contribution in [1.29, 1.82) is 0 Å². The van der Waals surface area contributed by atoms with Crippen LogP contribution < -0.4 is 0 Å². The number of hydrogen-bond donors (Lipinski definition) is 1. The Morgan fingerprint density at radius 1 is 0.769 bits per heavy atom. The molecule has 1 rings (SSSR count). The van der Waals surface area contributed by atoms with E-state index in [1.807, 2.05) is 0 Å². The van der Waals surface area contributed by atoms with Gasteiger partial charge in [-0.2, -0.15) is 43.9 Å². The van der Waals surface area contributed by atoms with Crippen molar-refractivity contribution >= 4 is 5.91 Å². The molecule has 1 saturated carbocycles. The van der Waals surface area contributed by atoms with Gasteiger partial charge in [-0.3, -0.25) is 4.79 Å². The van der Waals surface area contributed by atoms with Crippen LogP contribution in [-0.4, -0.2) is 70.9 Å². The zero-order valence-corrected chi connectivity index (χ0v) is 13.2. The smallest absolute Gasteiger partial charge is 0.380 e. The Kier molecular flexibility index (Phi) is 4.67. The van der Waals surface area contributed by atoms with Crippen molar-refractivity contribution in [3.8, 4) is 0 Å². The largest absolute Gasteiger partial charge is 0.384 e. The minimum absolute atomic E-state index is 0.103. The summed E-state index contributed by atoms with van der Waals surface area (Å²) in [6, 6.07) is 0. The number of hydrogen-bond acceptors (Lipinski definition) is 2. The summed E-state index contributed by atoms with van der Waals surface area (Å²) in [7, 11) is 1.60. The maximum Gasteiger partial charge on any atom is 0.384 e. The molecule has 1 atom stereocenters. The van der Waals surface area contributed by atoms with E-state index in [1.54, 1.807) is 0 Å². The maximum atomic E-state index is 14.5. The van der Waals surface area contributed by atoms with Gasteiger partial charge in [0.1, 0.15) is 5.60 Å². The topological polar surface area (TPSA) is 40.5 Å². The third-order valence-corrected chi connectivity index (χ3v) is 4.03. The van der Waals surface area contributed by atoms with Crippen molar-refractivity contribution in [3.63, 3.8) is 0 Å². The lowest BCUT2D eigenvalue weighted by molar-refractivity contribution is -0.487. The van der Waals surface area contributed by atoms with Gasteiger partial charge in [0.05, 0.1) is 0 Å². The molecular weight excluding hydrogens is 399 g/mol. The molecule has 0 spiro atoms. The van der Waals surface area contributed by atoms with Gasteiger partial charge in [-0.1, -0.05) is 0 Å². The SMILES string of the molecule is CN(C)C(=O)C(C)(O)CC1(F)C(F)(F)C(F)(F)C(F)(F)C(F)(F)C1(F)F. The van der Waals surface area contributed by atoms with Crippen LogP contribution in [0.5, 0.6) is 0 Å². The number of rotatable bonds is 3. The van der Waals surface area contributed by atoms with Crippen LogP contribution in [0, 0.1) is 0 Å². The summed E-state index contributed by atoms with van der Waals surface area (Å²) in [4.78, 5) is 11.9. The van der Waals surface area contributed by atoms with E-state index in [0.29, 0.717) is 4.90 Å². The van der Waals surface area contributed by atoms with E-state index in [0.717, 1.165) is 14.1 Å². The molecular formula is C12H12F11NO2. The predicted octanol–water partition coefficient (Wildman–Crippen LogP) is 3.11. The van der Waals surface area contributed by atoms with Crippen molar-refractivity contribution in [2.75, 3.05) is 14.1 Å². The van der Waals surface area contributed by atoms with Gasteiger partial charge in [0.15, 0.2) is 0 Å². The molecule has 0 bridgehead atoms. The third kappa shape index (κ3) is 2.26. The Hall–Kier alpha value is -1.34. The van der Waals surface area contributed by atoms with Crippen LogP contribution >= 0.6 is 0 Å². The Bertz CT molecular complexity index is 570. The van der Waals surface area contributed by atoms with Gasteiger partial charge in [0.2, 0.25) is 0 Å². The highest BCUT2D eigenvalue weighted by Crippen LogP contribution is 2.70. The Morgan fingerprint density at radius 3 is 1.31 bits per heavy atom. The second-order valence-electron chi connectivity index (χ2n) is 6.32.